The van der Waals surface area contributed by atoms with Gasteiger partial charge in [0.1, 0.15) is 34.7 Å². The number of para-hydroxylation sites is 4. The van der Waals surface area contributed by atoms with Crippen molar-refractivity contribution in [2.24, 2.45) is 0 Å². The van der Waals surface area contributed by atoms with Crippen LogP contribution in [0, 0.1) is 6.92 Å². The van der Waals surface area contributed by atoms with Gasteiger partial charge in [-0.15, -0.1) is 0 Å². The Morgan fingerprint density at radius 2 is 1.23 bits per heavy atom. The first kappa shape index (κ1) is 37.3. The fourth-order valence-corrected chi connectivity index (χ4v) is 11.3. The number of fused-ring (bicyclic) bond motifs is 9. The number of hydrogen-bond donors (Lipinski definition) is 0. The van der Waals surface area contributed by atoms with Gasteiger partial charge in [-0.05, 0) is 125 Å². The number of ether oxygens (including phenoxy) is 2. The van der Waals surface area contributed by atoms with Crippen molar-refractivity contribution in [3.05, 3.63) is 192 Å². The Kier molecular flexibility index (Phi) is 7.37. The van der Waals surface area contributed by atoms with Crippen molar-refractivity contribution in [3.8, 4) is 39.9 Å². The van der Waals surface area contributed by atoms with Gasteiger partial charge in [0.15, 0.2) is 11.7 Å². The van der Waals surface area contributed by atoms with Crippen LogP contribution in [0.5, 0.6) is 23.0 Å². The third-order valence-corrected chi connectivity index (χ3v) is 14.2. The fourth-order valence-electron chi connectivity index (χ4n) is 11.3. The first-order valence-corrected chi connectivity index (χ1v) is 22.5. The molecule has 0 N–H and O–H groups in total. The van der Waals surface area contributed by atoms with Gasteiger partial charge in [-0.2, -0.15) is 4.57 Å². The molecule has 7 aromatic carbocycles. The van der Waals surface area contributed by atoms with Crippen LogP contribution in [0.2, 0.25) is 0 Å². The molecule has 2 unspecified atom stereocenters. The van der Waals surface area contributed by atoms with Gasteiger partial charge in [0.25, 0.3) is 5.82 Å². The first-order valence-electron chi connectivity index (χ1n) is 22.5. The number of rotatable bonds is 4. The molecule has 0 fully saturated rings. The summed E-state index contributed by atoms with van der Waals surface area (Å²) < 4.78 is 18.8. The minimum atomic E-state index is -0.794. The number of aryl methyl sites for hydroxylation is 1. The van der Waals surface area contributed by atoms with Crippen LogP contribution in [0.1, 0.15) is 69.4 Å². The minimum absolute atomic E-state index is 0.0746. The largest absolute Gasteiger partial charge is 0.457 e. The molecule has 13 rings (SSSR count). The monoisotopic (exact) mass is 833 g/mol. The van der Waals surface area contributed by atoms with E-state index in [0.29, 0.717) is 0 Å². The molecule has 2 aromatic heterocycles. The molecule has 0 bridgehead atoms. The molecule has 6 heteroatoms. The van der Waals surface area contributed by atoms with E-state index in [0.717, 1.165) is 45.6 Å². The number of anilines is 4. The van der Waals surface area contributed by atoms with E-state index >= 15 is 0 Å². The van der Waals surface area contributed by atoms with E-state index in [4.69, 9.17) is 9.47 Å². The lowest BCUT2D eigenvalue weighted by molar-refractivity contribution is -0.740. The Morgan fingerprint density at radius 1 is 0.578 bits per heavy atom. The quantitative estimate of drug-likeness (QED) is 0.165. The molecule has 6 nitrogen and oxygen atoms in total. The molecule has 0 amide bonds. The molecular weight excluding hydrogens is 785 g/mol. The van der Waals surface area contributed by atoms with Crippen LogP contribution < -0.4 is 23.8 Å². The van der Waals surface area contributed by atoms with Gasteiger partial charge >= 0.3 is 0 Å². The van der Waals surface area contributed by atoms with Gasteiger partial charge in [0, 0.05) is 28.1 Å². The van der Waals surface area contributed by atoms with Gasteiger partial charge in [0.2, 0.25) is 5.54 Å². The lowest BCUT2D eigenvalue weighted by Gasteiger charge is -2.44. The highest BCUT2D eigenvalue weighted by molar-refractivity contribution is 6.12. The summed E-state index contributed by atoms with van der Waals surface area (Å²) >= 11 is 0. The summed E-state index contributed by atoms with van der Waals surface area (Å²) in [6, 6.07) is 57.4. The predicted molar refractivity (Wildman–Crippen MR) is 259 cm³/mol. The molecular formula is C58H49N4O2+. The van der Waals surface area contributed by atoms with Gasteiger partial charge in [-0.1, -0.05) is 108 Å². The predicted octanol–water partition coefficient (Wildman–Crippen LogP) is 14.3. The molecule has 9 aromatic rings. The molecule has 6 heterocycles. The number of hydrogen-bond acceptors (Lipinski definition) is 4. The molecule has 2 atom stereocenters. The van der Waals surface area contributed by atoms with Crippen molar-refractivity contribution in [3.63, 3.8) is 0 Å². The van der Waals surface area contributed by atoms with Crippen molar-refractivity contribution in [2.45, 2.75) is 71.0 Å². The second-order valence-corrected chi connectivity index (χ2v) is 20.1. The second-order valence-electron chi connectivity index (χ2n) is 20.1. The van der Waals surface area contributed by atoms with E-state index in [1.165, 1.54) is 66.7 Å². The minimum Gasteiger partial charge on any atom is -0.457 e. The molecule has 0 saturated heterocycles. The van der Waals surface area contributed by atoms with E-state index in [9.17, 15) is 0 Å². The van der Waals surface area contributed by atoms with E-state index in [-0.39, 0.29) is 17.0 Å². The Balaban J connectivity index is 1.17. The molecule has 1 spiro atoms. The molecule has 0 radical (unpaired) electrons. The Labute approximate surface area is 374 Å². The smallest absolute Gasteiger partial charge is 0.288 e. The Hall–Kier alpha value is -7.31. The average molecular weight is 834 g/mol. The van der Waals surface area contributed by atoms with Crippen molar-refractivity contribution in [1.82, 2.24) is 4.57 Å². The molecule has 64 heavy (non-hydrogen) atoms. The van der Waals surface area contributed by atoms with E-state index < -0.39 is 5.54 Å². The summed E-state index contributed by atoms with van der Waals surface area (Å²) in [5.74, 6) is 4.50. The van der Waals surface area contributed by atoms with Gasteiger partial charge < -0.3 is 19.3 Å². The summed E-state index contributed by atoms with van der Waals surface area (Å²) in [6.45, 7) is 16.3. The van der Waals surface area contributed by atoms with Crippen molar-refractivity contribution >= 4 is 44.6 Å². The zero-order chi connectivity index (χ0) is 43.4. The van der Waals surface area contributed by atoms with E-state index in [2.05, 4.69) is 195 Å². The second kappa shape index (κ2) is 12.7. The Morgan fingerprint density at radius 3 is 2.00 bits per heavy atom. The summed E-state index contributed by atoms with van der Waals surface area (Å²) in [4.78, 5) is 5.29. The maximum Gasteiger partial charge on any atom is 0.288 e. The normalized spacial score (nSPS) is 17.6. The van der Waals surface area contributed by atoms with E-state index in [1.54, 1.807) is 0 Å². The number of benzene rings is 7. The molecule has 4 aliphatic heterocycles. The third-order valence-electron chi connectivity index (χ3n) is 14.2. The number of nitrogens with zero attached hydrogens (tertiary/aromatic N) is 4. The zero-order valence-corrected chi connectivity index (χ0v) is 37.3. The highest BCUT2D eigenvalue weighted by Gasteiger charge is 2.70. The van der Waals surface area contributed by atoms with Crippen LogP contribution in [0.15, 0.2) is 164 Å². The van der Waals surface area contributed by atoms with E-state index in [1.807, 2.05) is 36.4 Å². The van der Waals surface area contributed by atoms with Crippen LogP contribution in [-0.4, -0.2) is 10.7 Å². The maximum absolute atomic E-state index is 7.19. The Bertz CT molecular complexity index is 3430. The van der Waals surface area contributed by atoms with Gasteiger partial charge in [-0.3, -0.25) is 0 Å². The first-order chi connectivity index (χ1) is 30.9. The number of aromatic nitrogens is 2. The zero-order valence-electron chi connectivity index (χ0n) is 37.3. The van der Waals surface area contributed by atoms with Crippen LogP contribution in [0.3, 0.4) is 0 Å². The molecule has 0 saturated carbocycles. The maximum atomic E-state index is 7.19. The molecule has 4 aliphatic rings. The highest BCUT2D eigenvalue weighted by atomic mass is 16.5. The fraction of sp³-hybridized carbons (Fsp3) is 0.190. The van der Waals surface area contributed by atoms with Crippen LogP contribution in [0.4, 0.5) is 22.7 Å². The topological polar surface area (TPSA) is 33.8 Å². The highest BCUT2D eigenvalue weighted by Crippen LogP contribution is 2.67. The average Bonchev–Trinajstić information content (AvgIpc) is 3.92. The third kappa shape index (κ3) is 4.88. The van der Waals surface area contributed by atoms with Crippen LogP contribution >= 0.6 is 0 Å². The van der Waals surface area contributed by atoms with Gasteiger partial charge in [-0.25, -0.2) is 4.57 Å². The van der Waals surface area contributed by atoms with Crippen molar-refractivity contribution in [1.29, 1.82) is 0 Å². The van der Waals surface area contributed by atoms with Crippen molar-refractivity contribution < 1.29 is 14.0 Å². The summed E-state index contributed by atoms with van der Waals surface area (Å²) in [6.07, 6.45) is 2.19. The lowest BCUT2D eigenvalue weighted by Crippen LogP contribution is -2.70. The SMILES string of the molecule is Cc1cc2[n+](cc1-c1cccc(Oc3ccccc3)c1)C13c4c(cccc4N4c5ccccc5N(c5cc(C(C)(C)C)cc(C(C)(C)C)c5)C41)Oc1ccc4c5ccccc5n-2c4c13. The van der Waals surface area contributed by atoms with Gasteiger partial charge in [0.05, 0.1) is 28.2 Å². The van der Waals surface area contributed by atoms with Crippen molar-refractivity contribution in [2.75, 3.05) is 9.80 Å². The summed E-state index contributed by atoms with van der Waals surface area (Å²) in [5.41, 5.74) is 14.6. The van der Waals surface area contributed by atoms with Crippen LogP contribution in [-0.2, 0) is 16.4 Å². The summed E-state index contributed by atoms with van der Waals surface area (Å²) in [7, 11) is 0. The van der Waals surface area contributed by atoms with Crippen LogP contribution in [0.25, 0.3) is 38.8 Å². The lowest BCUT2D eigenvalue weighted by atomic mass is 9.76. The molecule has 312 valence electrons. The standard InChI is InChI=1S/C58H49N4O2/c1-35-29-51-59(34-44(35)36-17-15-20-41(30-36)63-40-18-9-8-10-19-40)58-52-48(25-16-26-49(52)64-50-28-27-43-42-21-11-12-22-45(42)62(51)54(43)53(50)58)61-47-24-14-13-23-46(47)60(55(58)61)39-32-37(56(2,3)4)31-38(33-39)57(5,6)7/h8-34,55H,1-7H3/q+1. The summed E-state index contributed by atoms with van der Waals surface area (Å²) in [5, 5.41) is 2.45. The molecule has 0 aliphatic carbocycles. The number of pyridine rings is 1.